The molecule has 0 saturated carbocycles. The zero-order chi connectivity index (χ0) is 14.0. The van der Waals surface area contributed by atoms with E-state index in [-0.39, 0.29) is 11.8 Å². The molecule has 0 amide bonds. The highest BCUT2D eigenvalue weighted by Crippen LogP contribution is 2.27. The predicted octanol–water partition coefficient (Wildman–Crippen LogP) is 3.69. The highest BCUT2D eigenvalue weighted by molar-refractivity contribution is 6.42. The molecule has 1 aromatic rings. The second kappa shape index (κ2) is 5.87. The summed E-state index contributed by atoms with van der Waals surface area (Å²) in [5.74, 6) is 0.281. The molecule has 1 heterocycles. The Morgan fingerprint density at radius 1 is 1.32 bits per heavy atom. The highest BCUT2D eigenvalue weighted by Gasteiger charge is 2.20. The van der Waals surface area contributed by atoms with Crippen molar-refractivity contribution in [2.75, 3.05) is 6.54 Å². The molecule has 0 radical (unpaired) electrons. The van der Waals surface area contributed by atoms with Gasteiger partial charge in [0.1, 0.15) is 5.76 Å². The molecule has 0 aromatic heterocycles. The number of nitrogens with zero attached hydrogens (tertiary/aromatic N) is 1. The Kier molecular flexibility index (Phi) is 4.40. The van der Waals surface area contributed by atoms with Crippen molar-refractivity contribution in [3.63, 3.8) is 0 Å². The van der Waals surface area contributed by atoms with Gasteiger partial charge in [-0.1, -0.05) is 29.3 Å². The van der Waals surface area contributed by atoms with E-state index < -0.39 is 6.10 Å². The van der Waals surface area contributed by atoms with E-state index in [1.54, 1.807) is 30.4 Å². The van der Waals surface area contributed by atoms with Crippen molar-refractivity contribution in [3.05, 3.63) is 57.9 Å². The Labute approximate surface area is 122 Å². The molecule has 102 valence electrons. The van der Waals surface area contributed by atoms with Crippen molar-refractivity contribution in [1.29, 1.82) is 0 Å². The lowest BCUT2D eigenvalue weighted by atomic mass is 10.1. The van der Waals surface area contributed by atoms with Crippen LogP contribution in [0.2, 0.25) is 10.0 Å². The summed E-state index contributed by atoms with van der Waals surface area (Å²) >= 11 is 11.8. The summed E-state index contributed by atoms with van der Waals surface area (Å²) in [4.78, 5) is 1.86. The van der Waals surface area contributed by atoms with Gasteiger partial charge < -0.3 is 15.1 Å². The Bertz CT molecular complexity index is 528. The molecule has 2 atom stereocenters. The lowest BCUT2D eigenvalue weighted by Crippen LogP contribution is -2.34. The third-order valence-corrected chi connectivity index (χ3v) is 3.92. The number of rotatable bonds is 3. The van der Waals surface area contributed by atoms with E-state index >= 15 is 0 Å². The number of hydrogen-bond acceptors (Lipinski definition) is 3. The van der Waals surface area contributed by atoms with Crippen LogP contribution >= 0.6 is 23.2 Å². The minimum absolute atomic E-state index is 0.151. The van der Waals surface area contributed by atoms with E-state index in [1.807, 2.05) is 18.0 Å². The zero-order valence-electron chi connectivity index (χ0n) is 10.4. The second-order valence-corrected chi connectivity index (χ2v) is 5.31. The van der Waals surface area contributed by atoms with Crippen LogP contribution in [0.15, 0.2) is 42.3 Å². The van der Waals surface area contributed by atoms with Crippen LogP contribution in [0.5, 0.6) is 0 Å². The molecule has 1 aliphatic heterocycles. The smallest absolute Gasteiger partial charge is 0.114 e. The van der Waals surface area contributed by atoms with E-state index in [0.717, 1.165) is 0 Å². The highest BCUT2D eigenvalue weighted by atomic mass is 35.5. The summed E-state index contributed by atoms with van der Waals surface area (Å²) < 4.78 is 0. The standard InChI is InChI=1S/C14H15Cl2NO2/c1-9-13(18)3-2-6-17(9)8-14(19)10-4-5-11(15)12(16)7-10/h2-7,9,14,18-19H,8H2,1H3/t9-,14?/m1/s1. The molecule has 0 aliphatic carbocycles. The summed E-state index contributed by atoms with van der Waals surface area (Å²) in [5.41, 5.74) is 0.698. The Morgan fingerprint density at radius 2 is 2.05 bits per heavy atom. The number of benzene rings is 1. The van der Waals surface area contributed by atoms with Gasteiger partial charge in [-0.25, -0.2) is 0 Å². The normalized spacial score (nSPS) is 20.3. The quantitative estimate of drug-likeness (QED) is 0.895. The maximum Gasteiger partial charge on any atom is 0.114 e. The third-order valence-electron chi connectivity index (χ3n) is 3.18. The summed E-state index contributed by atoms with van der Waals surface area (Å²) in [7, 11) is 0. The molecule has 0 fully saturated rings. The summed E-state index contributed by atoms with van der Waals surface area (Å²) in [6, 6.07) is 4.91. The fourth-order valence-corrected chi connectivity index (χ4v) is 2.24. The largest absolute Gasteiger partial charge is 0.510 e. The fourth-order valence-electron chi connectivity index (χ4n) is 1.93. The maximum absolute atomic E-state index is 10.2. The lowest BCUT2D eigenvalue weighted by molar-refractivity contribution is 0.115. The summed E-state index contributed by atoms with van der Waals surface area (Å²) in [5, 5.41) is 20.8. The molecule has 5 heteroatoms. The van der Waals surface area contributed by atoms with Gasteiger partial charge in [-0.3, -0.25) is 0 Å². The van der Waals surface area contributed by atoms with Crippen molar-refractivity contribution in [2.45, 2.75) is 19.1 Å². The fraction of sp³-hybridized carbons (Fsp3) is 0.286. The maximum atomic E-state index is 10.2. The van der Waals surface area contributed by atoms with E-state index in [4.69, 9.17) is 23.2 Å². The van der Waals surface area contributed by atoms with Gasteiger partial charge in [0.25, 0.3) is 0 Å². The average molecular weight is 300 g/mol. The van der Waals surface area contributed by atoms with Crippen molar-refractivity contribution in [3.8, 4) is 0 Å². The Hall–Kier alpha value is -1.16. The zero-order valence-corrected chi connectivity index (χ0v) is 11.9. The molecule has 0 saturated heterocycles. The lowest BCUT2D eigenvalue weighted by Gasteiger charge is -2.31. The van der Waals surface area contributed by atoms with Crippen LogP contribution in [0, 0.1) is 0 Å². The average Bonchev–Trinajstić information content (AvgIpc) is 2.38. The number of allylic oxidation sites excluding steroid dienone is 2. The minimum atomic E-state index is -0.701. The van der Waals surface area contributed by atoms with Crippen LogP contribution in [0.3, 0.4) is 0 Å². The number of hydrogen-bond donors (Lipinski definition) is 2. The second-order valence-electron chi connectivity index (χ2n) is 4.50. The molecule has 0 bridgehead atoms. The molecule has 0 spiro atoms. The molecule has 1 aromatic carbocycles. The molecule has 2 rings (SSSR count). The molecular weight excluding hydrogens is 285 g/mol. The third kappa shape index (κ3) is 3.24. The number of aliphatic hydroxyl groups is 2. The predicted molar refractivity (Wildman–Crippen MR) is 77.4 cm³/mol. The summed E-state index contributed by atoms with van der Waals surface area (Å²) in [6.07, 6.45) is 4.53. The van der Waals surface area contributed by atoms with Crippen LogP contribution < -0.4 is 0 Å². The van der Waals surface area contributed by atoms with E-state index in [0.29, 0.717) is 22.2 Å². The van der Waals surface area contributed by atoms with E-state index in [1.165, 1.54) is 0 Å². The SMILES string of the molecule is C[C@@H]1C(O)=CC=CN1CC(O)c1ccc(Cl)c(Cl)c1. The first kappa shape index (κ1) is 14.3. The minimum Gasteiger partial charge on any atom is -0.510 e. The van der Waals surface area contributed by atoms with Gasteiger partial charge >= 0.3 is 0 Å². The Morgan fingerprint density at radius 3 is 2.74 bits per heavy atom. The van der Waals surface area contributed by atoms with Crippen molar-refractivity contribution in [1.82, 2.24) is 4.90 Å². The van der Waals surface area contributed by atoms with Crippen LogP contribution in [0.1, 0.15) is 18.6 Å². The van der Waals surface area contributed by atoms with Gasteiger partial charge in [0.15, 0.2) is 0 Å². The molecular formula is C14H15Cl2NO2. The monoisotopic (exact) mass is 299 g/mol. The first-order valence-corrected chi connectivity index (χ1v) is 6.70. The van der Waals surface area contributed by atoms with Crippen LogP contribution in [-0.4, -0.2) is 27.7 Å². The molecule has 1 aliphatic rings. The number of aliphatic hydroxyl groups excluding tert-OH is 2. The van der Waals surface area contributed by atoms with Gasteiger partial charge in [0.2, 0.25) is 0 Å². The van der Waals surface area contributed by atoms with Gasteiger partial charge in [0.05, 0.1) is 22.2 Å². The Balaban J connectivity index is 2.09. The molecule has 3 nitrogen and oxygen atoms in total. The van der Waals surface area contributed by atoms with Crippen LogP contribution in [-0.2, 0) is 0 Å². The van der Waals surface area contributed by atoms with Crippen LogP contribution in [0.4, 0.5) is 0 Å². The van der Waals surface area contributed by atoms with Gasteiger partial charge in [-0.2, -0.15) is 0 Å². The van der Waals surface area contributed by atoms with E-state index in [9.17, 15) is 10.2 Å². The number of halogens is 2. The van der Waals surface area contributed by atoms with Crippen molar-refractivity contribution >= 4 is 23.2 Å². The first-order chi connectivity index (χ1) is 8.99. The van der Waals surface area contributed by atoms with Crippen LogP contribution in [0.25, 0.3) is 0 Å². The van der Waals surface area contributed by atoms with Gasteiger partial charge in [-0.05, 0) is 43.0 Å². The summed E-state index contributed by atoms with van der Waals surface area (Å²) in [6.45, 7) is 2.24. The molecule has 19 heavy (non-hydrogen) atoms. The topological polar surface area (TPSA) is 43.7 Å². The molecule has 2 N–H and O–H groups in total. The van der Waals surface area contributed by atoms with Crippen molar-refractivity contribution < 1.29 is 10.2 Å². The first-order valence-electron chi connectivity index (χ1n) is 5.95. The van der Waals surface area contributed by atoms with Crippen molar-refractivity contribution in [2.24, 2.45) is 0 Å². The van der Waals surface area contributed by atoms with Gasteiger partial charge in [-0.15, -0.1) is 0 Å². The van der Waals surface area contributed by atoms with Gasteiger partial charge in [0, 0.05) is 6.54 Å². The van der Waals surface area contributed by atoms with E-state index in [2.05, 4.69) is 0 Å². The molecule has 1 unspecified atom stereocenters. The number of β-amino-alcohol motifs (C(OH)–C–C–N with tert-alkyl or cyclic N) is 1.